The average molecular weight is 475 g/mol. The molecular formula is C22H23ClN4O4S. The lowest BCUT2D eigenvalue weighted by Gasteiger charge is -2.10. The first-order chi connectivity index (χ1) is 15.4. The molecule has 168 valence electrons. The first-order valence-corrected chi connectivity index (χ1v) is 10.5. The number of hydrogen-bond acceptors (Lipinski definition) is 5. The van der Waals surface area contributed by atoms with Crippen LogP contribution in [0, 0.1) is 0 Å². The minimum absolute atomic E-state index is 0.0274. The van der Waals surface area contributed by atoms with Gasteiger partial charge in [0.25, 0.3) is 0 Å². The van der Waals surface area contributed by atoms with Gasteiger partial charge in [0.15, 0.2) is 5.11 Å². The number of ether oxygens (including phenoxy) is 1. The van der Waals surface area contributed by atoms with E-state index in [1.807, 2.05) is 6.92 Å². The summed E-state index contributed by atoms with van der Waals surface area (Å²) in [6, 6.07) is 14.0. The summed E-state index contributed by atoms with van der Waals surface area (Å²) in [6.07, 6.45) is 2.71. The molecule has 0 saturated carbocycles. The van der Waals surface area contributed by atoms with Crippen molar-refractivity contribution in [2.45, 2.75) is 19.8 Å². The van der Waals surface area contributed by atoms with E-state index in [-0.39, 0.29) is 23.9 Å². The molecule has 0 aliphatic heterocycles. The maximum atomic E-state index is 12.0. The molecule has 0 aliphatic rings. The van der Waals surface area contributed by atoms with E-state index < -0.39 is 11.8 Å². The van der Waals surface area contributed by atoms with Crippen LogP contribution < -0.4 is 26.2 Å². The number of rotatable bonds is 8. The second-order valence-corrected chi connectivity index (χ2v) is 7.17. The number of thiocarbonyl (C=S) groups is 1. The molecule has 0 fully saturated rings. The summed E-state index contributed by atoms with van der Waals surface area (Å²) in [5, 5.41) is 5.50. The molecule has 3 amide bonds. The van der Waals surface area contributed by atoms with Crippen LogP contribution in [-0.4, -0.2) is 29.4 Å². The lowest BCUT2D eigenvalue weighted by atomic mass is 10.2. The minimum Gasteiger partial charge on any atom is -0.494 e. The second-order valence-electron chi connectivity index (χ2n) is 6.35. The Bertz CT molecular complexity index is 996. The van der Waals surface area contributed by atoms with Gasteiger partial charge in [-0.25, -0.2) is 0 Å². The van der Waals surface area contributed by atoms with Crippen LogP contribution in [-0.2, 0) is 14.4 Å². The predicted molar refractivity (Wildman–Crippen MR) is 128 cm³/mol. The minimum atomic E-state index is -0.494. The van der Waals surface area contributed by atoms with Crippen LogP contribution in [0.4, 0.5) is 5.69 Å². The van der Waals surface area contributed by atoms with Gasteiger partial charge < -0.3 is 10.1 Å². The van der Waals surface area contributed by atoms with E-state index >= 15 is 0 Å². The maximum absolute atomic E-state index is 12.0. The molecule has 0 spiro atoms. The number of halogens is 1. The van der Waals surface area contributed by atoms with Crippen molar-refractivity contribution in [2.75, 3.05) is 11.9 Å². The standard InChI is InChI=1S/C22H23ClN4O4S/c1-2-31-17-10-8-16(9-11-17)24-19(28)13-14-21(30)26-27-22(32)25-20(29)12-7-15-5-3-4-6-18(15)23/h3-12H,2,13-14H2,1H3,(H,24,28)(H,26,30)(H2,25,27,29,32)/b12-7+. The summed E-state index contributed by atoms with van der Waals surface area (Å²) < 4.78 is 5.34. The third-order valence-corrected chi connectivity index (χ3v) is 4.45. The fourth-order valence-electron chi connectivity index (χ4n) is 2.40. The summed E-state index contributed by atoms with van der Waals surface area (Å²) >= 11 is 11.0. The van der Waals surface area contributed by atoms with Crippen molar-refractivity contribution < 1.29 is 19.1 Å². The Morgan fingerprint density at radius 2 is 1.69 bits per heavy atom. The zero-order valence-electron chi connectivity index (χ0n) is 17.3. The SMILES string of the molecule is CCOc1ccc(NC(=O)CCC(=O)NNC(=S)NC(=O)/C=C/c2ccccc2Cl)cc1. The van der Waals surface area contributed by atoms with E-state index in [1.54, 1.807) is 54.6 Å². The summed E-state index contributed by atoms with van der Waals surface area (Å²) in [4.78, 5) is 35.8. The Kier molecular flexibility index (Phi) is 10.2. The summed E-state index contributed by atoms with van der Waals surface area (Å²) in [5.74, 6) is -0.565. The molecular weight excluding hydrogens is 452 g/mol. The molecule has 0 aromatic heterocycles. The molecule has 0 heterocycles. The first-order valence-electron chi connectivity index (χ1n) is 9.72. The fraction of sp³-hybridized carbons (Fsp3) is 0.182. The Morgan fingerprint density at radius 1 is 1.00 bits per heavy atom. The molecule has 32 heavy (non-hydrogen) atoms. The van der Waals surface area contributed by atoms with Gasteiger partial charge in [0.1, 0.15) is 5.75 Å². The van der Waals surface area contributed by atoms with Crippen molar-refractivity contribution in [3.63, 3.8) is 0 Å². The van der Waals surface area contributed by atoms with Crippen LogP contribution in [0.2, 0.25) is 5.02 Å². The molecule has 0 saturated heterocycles. The molecule has 0 aliphatic carbocycles. The van der Waals surface area contributed by atoms with E-state index in [1.165, 1.54) is 6.08 Å². The lowest BCUT2D eigenvalue weighted by Crippen LogP contribution is -2.48. The van der Waals surface area contributed by atoms with Gasteiger partial charge in [-0.1, -0.05) is 29.8 Å². The maximum Gasteiger partial charge on any atom is 0.250 e. The van der Waals surface area contributed by atoms with Crippen LogP contribution in [0.25, 0.3) is 6.08 Å². The molecule has 0 bridgehead atoms. The molecule has 0 radical (unpaired) electrons. The van der Waals surface area contributed by atoms with Gasteiger partial charge in [0, 0.05) is 29.6 Å². The van der Waals surface area contributed by atoms with Gasteiger partial charge in [0.2, 0.25) is 17.7 Å². The zero-order chi connectivity index (χ0) is 23.3. The molecule has 2 aromatic rings. The molecule has 10 heteroatoms. The second kappa shape index (κ2) is 13.1. The Morgan fingerprint density at radius 3 is 2.38 bits per heavy atom. The largest absolute Gasteiger partial charge is 0.494 e. The van der Waals surface area contributed by atoms with E-state index in [9.17, 15) is 14.4 Å². The highest BCUT2D eigenvalue weighted by Gasteiger charge is 2.08. The van der Waals surface area contributed by atoms with Crippen LogP contribution >= 0.6 is 23.8 Å². The molecule has 2 aromatic carbocycles. The van der Waals surface area contributed by atoms with E-state index in [0.717, 1.165) is 0 Å². The van der Waals surface area contributed by atoms with Crippen LogP contribution in [0.15, 0.2) is 54.6 Å². The van der Waals surface area contributed by atoms with Crippen LogP contribution in [0.3, 0.4) is 0 Å². The van der Waals surface area contributed by atoms with E-state index in [0.29, 0.717) is 28.6 Å². The van der Waals surface area contributed by atoms with Gasteiger partial charge in [-0.3, -0.25) is 30.6 Å². The van der Waals surface area contributed by atoms with Gasteiger partial charge in [-0.05, 0) is 61.1 Å². The zero-order valence-corrected chi connectivity index (χ0v) is 18.9. The van der Waals surface area contributed by atoms with Crippen molar-refractivity contribution in [3.05, 3.63) is 65.2 Å². The highest BCUT2D eigenvalue weighted by atomic mass is 35.5. The predicted octanol–water partition coefficient (Wildman–Crippen LogP) is 3.19. The number of carbonyl (C=O) groups is 3. The van der Waals surface area contributed by atoms with E-state index in [4.69, 9.17) is 28.6 Å². The first kappa shape index (κ1) is 24.8. The Hall–Kier alpha value is -3.43. The van der Waals surface area contributed by atoms with Crippen LogP contribution in [0.5, 0.6) is 5.75 Å². The molecule has 4 N–H and O–H groups in total. The quantitative estimate of drug-likeness (QED) is 0.266. The Balaban J connectivity index is 1.66. The number of benzene rings is 2. The molecule has 2 rings (SSSR count). The number of amides is 3. The lowest BCUT2D eigenvalue weighted by molar-refractivity contribution is -0.124. The number of hydrogen-bond donors (Lipinski definition) is 4. The van der Waals surface area contributed by atoms with Gasteiger partial charge in [0.05, 0.1) is 6.61 Å². The summed E-state index contributed by atoms with van der Waals surface area (Å²) in [5.41, 5.74) is 6.02. The van der Waals surface area contributed by atoms with Crippen molar-refractivity contribution in [1.29, 1.82) is 0 Å². The van der Waals surface area contributed by atoms with E-state index in [2.05, 4.69) is 21.5 Å². The average Bonchev–Trinajstić information content (AvgIpc) is 2.77. The number of nitrogens with one attached hydrogen (secondary N) is 4. The smallest absolute Gasteiger partial charge is 0.250 e. The van der Waals surface area contributed by atoms with Gasteiger partial charge >= 0.3 is 0 Å². The normalized spacial score (nSPS) is 10.3. The van der Waals surface area contributed by atoms with Crippen LogP contribution in [0.1, 0.15) is 25.3 Å². The summed E-state index contributed by atoms with van der Waals surface area (Å²) in [6.45, 7) is 2.44. The Labute approximate surface area is 196 Å². The molecule has 0 unspecified atom stereocenters. The topological polar surface area (TPSA) is 109 Å². The van der Waals surface area contributed by atoms with Crippen molar-refractivity contribution >= 4 is 58.4 Å². The van der Waals surface area contributed by atoms with Crippen molar-refractivity contribution in [2.24, 2.45) is 0 Å². The van der Waals surface area contributed by atoms with Crippen molar-refractivity contribution in [3.8, 4) is 5.75 Å². The van der Waals surface area contributed by atoms with Crippen molar-refractivity contribution in [1.82, 2.24) is 16.2 Å². The fourth-order valence-corrected chi connectivity index (χ4v) is 2.75. The molecule has 0 atom stereocenters. The van der Waals surface area contributed by atoms with Gasteiger partial charge in [-0.2, -0.15) is 0 Å². The third-order valence-electron chi connectivity index (χ3n) is 3.90. The highest BCUT2D eigenvalue weighted by Crippen LogP contribution is 2.16. The number of anilines is 1. The molecule has 8 nitrogen and oxygen atoms in total. The number of hydrazine groups is 1. The van der Waals surface area contributed by atoms with Gasteiger partial charge in [-0.15, -0.1) is 0 Å². The summed E-state index contributed by atoms with van der Waals surface area (Å²) in [7, 11) is 0. The highest BCUT2D eigenvalue weighted by molar-refractivity contribution is 7.80. The third kappa shape index (κ3) is 9.15. The monoisotopic (exact) mass is 474 g/mol. The number of carbonyl (C=O) groups excluding carboxylic acids is 3.